The van der Waals surface area contributed by atoms with Gasteiger partial charge in [0.15, 0.2) is 0 Å². The molecule has 1 aromatic heterocycles. The zero-order chi connectivity index (χ0) is 12.0. The molecule has 0 radical (unpaired) electrons. The molecule has 3 nitrogen and oxygen atoms in total. The van der Waals surface area contributed by atoms with Gasteiger partial charge in [0, 0.05) is 23.5 Å². The van der Waals surface area contributed by atoms with Crippen molar-refractivity contribution in [3.63, 3.8) is 0 Å². The van der Waals surface area contributed by atoms with Gasteiger partial charge in [-0.05, 0) is 26.0 Å². The van der Waals surface area contributed by atoms with E-state index in [1.165, 1.54) is 0 Å². The van der Waals surface area contributed by atoms with Crippen molar-refractivity contribution in [1.82, 2.24) is 4.98 Å². The van der Waals surface area contributed by atoms with Crippen LogP contribution in [0.3, 0.4) is 0 Å². The molecule has 0 N–H and O–H groups in total. The van der Waals surface area contributed by atoms with Gasteiger partial charge in [-0.15, -0.1) is 0 Å². The van der Waals surface area contributed by atoms with E-state index in [1.54, 1.807) is 13.3 Å². The van der Waals surface area contributed by atoms with Crippen molar-refractivity contribution in [1.29, 1.82) is 0 Å². The summed E-state index contributed by atoms with van der Waals surface area (Å²) in [7, 11) is 1.59. The highest BCUT2D eigenvalue weighted by Gasteiger charge is 2.02. The van der Waals surface area contributed by atoms with E-state index in [0.717, 1.165) is 17.0 Å². The number of methoxy groups -OCH3 is 1. The van der Waals surface area contributed by atoms with Crippen LogP contribution in [0.2, 0.25) is 0 Å². The molecule has 0 amide bonds. The summed E-state index contributed by atoms with van der Waals surface area (Å²) in [4.78, 5) is 8.42. The van der Waals surface area contributed by atoms with Gasteiger partial charge in [0.2, 0.25) is 5.88 Å². The first-order valence-electron chi connectivity index (χ1n) is 5.04. The standard InChI is InChI=1S/C13H16N2O/c1-5-6-12(15-10(2)3)11-7-8-14-13(9-11)16-4/h5-9H,2H2,1,3-4H3/b6-5-,15-12?. The average molecular weight is 216 g/mol. The quantitative estimate of drug-likeness (QED) is 0.725. The highest BCUT2D eigenvalue weighted by atomic mass is 16.5. The van der Waals surface area contributed by atoms with Crippen molar-refractivity contribution in [2.45, 2.75) is 13.8 Å². The Morgan fingerprint density at radius 3 is 2.88 bits per heavy atom. The predicted molar refractivity (Wildman–Crippen MR) is 67.0 cm³/mol. The van der Waals surface area contributed by atoms with Crippen molar-refractivity contribution in [3.8, 4) is 5.88 Å². The number of aliphatic imine (C=N–C) groups is 1. The van der Waals surface area contributed by atoms with Crippen molar-refractivity contribution < 1.29 is 4.74 Å². The summed E-state index contributed by atoms with van der Waals surface area (Å²) in [6.07, 6.45) is 5.57. The molecule has 1 rings (SSSR count). The second-order valence-corrected chi connectivity index (χ2v) is 3.32. The van der Waals surface area contributed by atoms with Crippen LogP contribution in [-0.4, -0.2) is 17.8 Å². The molecule has 1 heterocycles. The van der Waals surface area contributed by atoms with Crippen LogP contribution in [0, 0.1) is 0 Å². The van der Waals surface area contributed by atoms with Gasteiger partial charge in [-0.3, -0.25) is 4.99 Å². The van der Waals surface area contributed by atoms with Gasteiger partial charge in [0.25, 0.3) is 0 Å². The Morgan fingerprint density at radius 1 is 1.56 bits per heavy atom. The first-order chi connectivity index (χ1) is 7.67. The minimum atomic E-state index is 0.580. The maximum atomic E-state index is 5.08. The fraction of sp³-hybridized carbons (Fsp3) is 0.231. The van der Waals surface area contributed by atoms with E-state index in [2.05, 4.69) is 16.6 Å². The average Bonchev–Trinajstić information content (AvgIpc) is 2.28. The first kappa shape index (κ1) is 12.2. The van der Waals surface area contributed by atoms with Gasteiger partial charge >= 0.3 is 0 Å². The van der Waals surface area contributed by atoms with Crippen molar-refractivity contribution in [2.75, 3.05) is 7.11 Å². The third-order valence-electron chi connectivity index (χ3n) is 1.88. The molecule has 0 aromatic carbocycles. The van der Waals surface area contributed by atoms with Gasteiger partial charge in [-0.25, -0.2) is 4.98 Å². The summed E-state index contributed by atoms with van der Waals surface area (Å²) in [5, 5.41) is 0. The van der Waals surface area contributed by atoms with Crippen molar-refractivity contribution >= 4 is 5.71 Å². The second kappa shape index (κ2) is 5.85. The minimum absolute atomic E-state index is 0.580. The van der Waals surface area contributed by atoms with E-state index in [1.807, 2.05) is 38.1 Å². The number of hydrogen-bond acceptors (Lipinski definition) is 3. The summed E-state index contributed by atoms with van der Waals surface area (Å²) >= 11 is 0. The van der Waals surface area contributed by atoms with Crippen LogP contribution >= 0.6 is 0 Å². The third-order valence-corrected chi connectivity index (χ3v) is 1.88. The summed E-state index contributed by atoms with van der Waals surface area (Å²) in [5.41, 5.74) is 2.59. The lowest BCUT2D eigenvalue weighted by Crippen LogP contribution is -1.99. The fourth-order valence-corrected chi connectivity index (χ4v) is 1.24. The molecular weight excluding hydrogens is 200 g/mol. The molecule has 0 fully saturated rings. The van der Waals surface area contributed by atoms with E-state index < -0.39 is 0 Å². The Morgan fingerprint density at radius 2 is 2.31 bits per heavy atom. The minimum Gasteiger partial charge on any atom is -0.481 e. The third kappa shape index (κ3) is 3.35. The van der Waals surface area contributed by atoms with E-state index in [0.29, 0.717) is 5.88 Å². The molecule has 0 aliphatic heterocycles. The van der Waals surface area contributed by atoms with Gasteiger partial charge in [-0.2, -0.15) is 0 Å². The lowest BCUT2D eigenvalue weighted by Gasteiger charge is -2.04. The molecule has 0 bridgehead atoms. The number of aromatic nitrogens is 1. The lowest BCUT2D eigenvalue weighted by molar-refractivity contribution is 0.398. The second-order valence-electron chi connectivity index (χ2n) is 3.32. The molecule has 3 heteroatoms. The highest BCUT2D eigenvalue weighted by molar-refractivity contribution is 6.09. The molecule has 0 atom stereocenters. The van der Waals surface area contributed by atoms with Crippen LogP contribution in [-0.2, 0) is 0 Å². The molecule has 16 heavy (non-hydrogen) atoms. The summed E-state index contributed by atoms with van der Waals surface area (Å²) in [6, 6.07) is 3.74. The van der Waals surface area contributed by atoms with Gasteiger partial charge in [-0.1, -0.05) is 12.7 Å². The van der Waals surface area contributed by atoms with Crippen molar-refractivity contribution in [2.24, 2.45) is 4.99 Å². The lowest BCUT2D eigenvalue weighted by atomic mass is 10.1. The summed E-state index contributed by atoms with van der Waals surface area (Å²) in [6.45, 7) is 7.59. The van der Waals surface area contributed by atoms with E-state index in [4.69, 9.17) is 4.74 Å². The monoisotopic (exact) mass is 216 g/mol. The smallest absolute Gasteiger partial charge is 0.213 e. The zero-order valence-electron chi connectivity index (χ0n) is 9.90. The molecule has 0 unspecified atom stereocenters. The number of nitrogens with zero attached hydrogens (tertiary/aromatic N) is 2. The van der Waals surface area contributed by atoms with E-state index in [-0.39, 0.29) is 0 Å². The van der Waals surface area contributed by atoms with Crippen LogP contribution in [0.4, 0.5) is 0 Å². The number of hydrogen-bond donors (Lipinski definition) is 0. The Kier molecular flexibility index (Phi) is 4.45. The van der Waals surface area contributed by atoms with Crippen LogP contribution in [0.15, 0.2) is 47.7 Å². The molecular formula is C13H16N2O. The number of ether oxygens (including phenoxy) is 1. The maximum absolute atomic E-state index is 5.08. The largest absolute Gasteiger partial charge is 0.481 e. The Hall–Kier alpha value is -1.90. The van der Waals surface area contributed by atoms with Crippen LogP contribution in [0.25, 0.3) is 0 Å². The zero-order valence-corrected chi connectivity index (χ0v) is 9.90. The van der Waals surface area contributed by atoms with E-state index >= 15 is 0 Å². The Balaban J connectivity index is 3.15. The molecule has 0 aliphatic carbocycles. The van der Waals surface area contributed by atoms with Crippen molar-refractivity contribution in [3.05, 3.63) is 48.3 Å². The van der Waals surface area contributed by atoms with Crippen LogP contribution in [0.1, 0.15) is 19.4 Å². The molecule has 0 saturated carbocycles. The Labute approximate surface area is 96.2 Å². The van der Waals surface area contributed by atoms with E-state index in [9.17, 15) is 0 Å². The molecule has 1 aromatic rings. The number of pyridine rings is 1. The van der Waals surface area contributed by atoms with Crippen LogP contribution < -0.4 is 4.74 Å². The van der Waals surface area contributed by atoms with Gasteiger partial charge in [0.05, 0.1) is 12.8 Å². The molecule has 84 valence electrons. The molecule has 0 aliphatic rings. The first-order valence-corrected chi connectivity index (χ1v) is 5.04. The number of rotatable bonds is 4. The SMILES string of the molecule is C=C(C)N=C(/C=C\C)c1ccnc(OC)c1. The van der Waals surface area contributed by atoms with Gasteiger partial charge < -0.3 is 4.74 Å². The topological polar surface area (TPSA) is 34.5 Å². The molecule has 0 spiro atoms. The highest BCUT2D eigenvalue weighted by Crippen LogP contribution is 2.11. The van der Waals surface area contributed by atoms with Crippen LogP contribution in [0.5, 0.6) is 5.88 Å². The molecule has 0 saturated heterocycles. The number of allylic oxidation sites excluding steroid dienone is 3. The van der Waals surface area contributed by atoms with Gasteiger partial charge in [0.1, 0.15) is 0 Å². The predicted octanol–water partition coefficient (Wildman–Crippen LogP) is 2.99. The normalized spacial score (nSPS) is 11.8. The maximum Gasteiger partial charge on any atom is 0.213 e. The summed E-state index contributed by atoms with van der Waals surface area (Å²) < 4.78 is 5.08. The fourth-order valence-electron chi connectivity index (χ4n) is 1.24. The summed E-state index contributed by atoms with van der Waals surface area (Å²) in [5.74, 6) is 0.580. The Bertz CT molecular complexity index is 433.